The van der Waals surface area contributed by atoms with E-state index in [1.165, 1.54) is 11.0 Å². The van der Waals surface area contributed by atoms with Gasteiger partial charge in [-0.1, -0.05) is 0 Å². The lowest BCUT2D eigenvalue weighted by Gasteiger charge is -2.14. The molecule has 0 aliphatic rings. The summed E-state index contributed by atoms with van der Waals surface area (Å²) in [6, 6.07) is 2.30. The van der Waals surface area contributed by atoms with Crippen molar-refractivity contribution in [3.8, 4) is 5.40 Å². The zero-order chi connectivity index (χ0) is 12.3. The summed E-state index contributed by atoms with van der Waals surface area (Å²) in [4.78, 5) is 5.15. The Morgan fingerprint density at radius 2 is 2.00 bits per heavy atom. The molecular formula is C9H8F3N3S. The molecule has 7 heteroatoms. The molecule has 0 aliphatic carbocycles. The lowest BCUT2D eigenvalue weighted by Crippen LogP contribution is -2.15. The van der Waals surface area contributed by atoms with Gasteiger partial charge < -0.3 is 4.90 Å². The number of rotatable bonds is 2. The normalized spacial score (nSPS) is 11.0. The van der Waals surface area contributed by atoms with E-state index in [1.54, 1.807) is 19.5 Å². The van der Waals surface area contributed by atoms with Gasteiger partial charge in [-0.3, -0.25) is 0 Å². The highest BCUT2D eigenvalue weighted by atomic mass is 32.2. The van der Waals surface area contributed by atoms with Crippen LogP contribution < -0.4 is 4.90 Å². The standard InChI is InChI=1S/C9H8F3N3S/c1-15(2)8-4-6(16-5-13)3-7(14-8)9(10,11)12/h3-4H,1-2H3. The quantitative estimate of drug-likeness (QED) is 0.595. The fraction of sp³-hybridized carbons (Fsp3) is 0.333. The van der Waals surface area contributed by atoms with E-state index in [4.69, 9.17) is 5.26 Å². The number of thioether (sulfide) groups is 1. The highest BCUT2D eigenvalue weighted by molar-refractivity contribution is 8.03. The summed E-state index contributed by atoms with van der Waals surface area (Å²) in [6.45, 7) is 0. The lowest BCUT2D eigenvalue weighted by molar-refractivity contribution is -0.141. The molecular weight excluding hydrogens is 239 g/mol. The van der Waals surface area contributed by atoms with Crippen LogP contribution in [0, 0.1) is 10.7 Å². The van der Waals surface area contributed by atoms with Crippen LogP contribution in [0.5, 0.6) is 0 Å². The van der Waals surface area contributed by atoms with E-state index in [0.29, 0.717) is 11.8 Å². The van der Waals surface area contributed by atoms with Gasteiger partial charge in [0.1, 0.15) is 16.9 Å². The first kappa shape index (κ1) is 12.6. The first-order valence-corrected chi connectivity index (χ1v) is 4.99. The average Bonchev–Trinajstić information content (AvgIpc) is 2.16. The van der Waals surface area contributed by atoms with Gasteiger partial charge >= 0.3 is 6.18 Å². The van der Waals surface area contributed by atoms with Gasteiger partial charge in [-0.2, -0.15) is 18.4 Å². The SMILES string of the molecule is CN(C)c1cc(SC#N)cc(C(F)(F)F)n1. The van der Waals surface area contributed by atoms with Crippen LogP contribution in [0.15, 0.2) is 17.0 Å². The molecule has 0 spiro atoms. The molecule has 0 atom stereocenters. The van der Waals surface area contributed by atoms with E-state index in [9.17, 15) is 13.2 Å². The Balaban J connectivity index is 3.25. The highest BCUT2D eigenvalue weighted by Crippen LogP contribution is 2.32. The summed E-state index contributed by atoms with van der Waals surface area (Å²) in [5.74, 6) is 0.174. The number of alkyl halides is 3. The molecule has 0 saturated heterocycles. The van der Waals surface area contributed by atoms with Gasteiger partial charge in [-0.15, -0.1) is 0 Å². The smallest absolute Gasteiger partial charge is 0.363 e. The third-order valence-electron chi connectivity index (χ3n) is 1.70. The Morgan fingerprint density at radius 1 is 1.38 bits per heavy atom. The highest BCUT2D eigenvalue weighted by Gasteiger charge is 2.33. The number of thiocyanates is 1. The van der Waals surface area contributed by atoms with Crippen molar-refractivity contribution in [2.24, 2.45) is 0 Å². The molecule has 0 aromatic carbocycles. The number of nitriles is 1. The van der Waals surface area contributed by atoms with Crippen LogP contribution in [0.1, 0.15) is 5.69 Å². The maximum Gasteiger partial charge on any atom is 0.433 e. The maximum atomic E-state index is 12.5. The van der Waals surface area contributed by atoms with Crippen LogP contribution in [0.25, 0.3) is 0 Å². The Hall–Kier alpha value is -1.42. The second-order valence-electron chi connectivity index (χ2n) is 3.13. The summed E-state index contributed by atoms with van der Waals surface area (Å²) in [7, 11) is 3.17. The summed E-state index contributed by atoms with van der Waals surface area (Å²) in [6.07, 6.45) is -4.50. The van der Waals surface area contributed by atoms with E-state index in [1.807, 2.05) is 0 Å². The van der Waals surface area contributed by atoms with Crippen molar-refractivity contribution in [3.05, 3.63) is 17.8 Å². The summed E-state index contributed by atoms with van der Waals surface area (Å²) in [5.41, 5.74) is -0.989. The Morgan fingerprint density at radius 3 is 2.44 bits per heavy atom. The molecule has 16 heavy (non-hydrogen) atoms. The van der Waals surface area contributed by atoms with E-state index < -0.39 is 11.9 Å². The van der Waals surface area contributed by atoms with Crippen molar-refractivity contribution < 1.29 is 13.2 Å². The van der Waals surface area contributed by atoms with Gasteiger partial charge in [0, 0.05) is 19.0 Å². The third kappa shape index (κ3) is 3.03. The number of anilines is 1. The molecule has 86 valence electrons. The third-order valence-corrected chi connectivity index (χ3v) is 2.26. The van der Waals surface area contributed by atoms with Gasteiger partial charge in [-0.05, 0) is 23.9 Å². The van der Waals surface area contributed by atoms with Crippen molar-refractivity contribution in [3.63, 3.8) is 0 Å². The maximum absolute atomic E-state index is 12.5. The van der Waals surface area contributed by atoms with E-state index >= 15 is 0 Å². The lowest BCUT2D eigenvalue weighted by atomic mass is 10.3. The second kappa shape index (κ2) is 4.61. The van der Waals surface area contributed by atoms with Crippen molar-refractivity contribution in [2.45, 2.75) is 11.1 Å². The number of nitrogens with zero attached hydrogens (tertiary/aromatic N) is 3. The summed E-state index contributed by atoms with van der Waals surface area (Å²) >= 11 is 0.676. The van der Waals surface area contributed by atoms with Crippen molar-refractivity contribution in [1.29, 1.82) is 5.26 Å². The molecule has 1 aromatic rings. The topological polar surface area (TPSA) is 39.9 Å². The minimum absolute atomic E-state index is 0.174. The van der Waals surface area contributed by atoms with Gasteiger partial charge in [0.05, 0.1) is 0 Å². The predicted molar refractivity (Wildman–Crippen MR) is 55.0 cm³/mol. The molecule has 0 fully saturated rings. The van der Waals surface area contributed by atoms with Gasteiger partial charge in [-0.25, -0.2) is 4.98 Å². The van der Waals surface area contributed by atoms with Crippen molar-refractivity contribution >= 4 is 17.6 Å². The molecule has 1 rings (SSSR count). The monoisotopic (exact) mass is 247 g/mol. The summed E-state index contributed by atoms with van der Waals surface area (Å²) in [5, 5.41) is 10.2. The first-order valence-electron chi connectivity index (χ1n) is 4.17. The number of halogens is 3. The van der Waals surface area contributed by atoms with Crippen LogP contribution in [0.3, 0.4) is 0 Å². The molecule has 0 unspecified atom stereocenters. The Kier molecular flexibility index (Phi) is 3.65. The Labute approximate surface area is 94.9 Å². The van der Waals surface area contributed by atoms with Crippen LogP contribution >= 0.6 is 11.8 Å². The number of hydrogen-bond acceptors (Lipinski definition) is 4. The largest absolute Gasteiger partial charge is 0.433 e. The minimum Gasteiger partial charge on any atom is -0.363 e. The minimum atomic E-state index is -4.50. The molecule has 0 radical (unpaired) electrons. The van der Waals surface area contributed by atoms with Gasteiger partial charge in [0.25, 0.3) is 0 Å². The zero-order valence-corrected chi connectivity index (χ0v) is 9.35. The van der Waals surface area contributed by atoms with Crippen LogP contribution in [-0.2, 0) is 6.18 Å². The van der Waals surface area contributed by atoms with E-state index in [2.05, 4.69) is 4.98 Å². The van der Waals surface area contributed by atoms with Crippen LogP contribution in [0.2, 0.25) is 0 Å². The number of aromatic nitrogens is 1. The first-order chi connectivity index (χ1) is 7.34. The van der Waals surface area contributed by atoms with E-state index in [-0.39, 0.29) is 10.7 Å². The molecule has 1 aromatic heterocycles. The molecule has 1 heterocycles. The molecule has 0 amide bonds. The average molecular weight is 247 g/mol. The van der Waals surface area contributed by atoms with Crippen LogP contribution in [-0.4, -0.2) is 19.1 Å². The Bertz CT molecular complexity index is 423. The van der Waals surface area contributed by atoms with Gasteiger partial charge in [0.15, 0.2) is 0 Å². The number of pyridine rings is 1. The van der Waals surface area contributed by atoms with E-state index in [0.717, 1.165) is 6.07 Å². The molecule has 3 nitrogen and oxygen atoms in total. The zero-order valence-electron chi connectivity index (χ0n) is 8.54. The number of hydrogen-bond donors (Lipinski definition) is 0. The molecule has 0 saturated carbocycles. The fourth-order valence-corrected chi connectivity index (χ4v) is 1.42. The van der Waals surface area contributed by atoms with Crippen molar-refractivity contribution in [1.82, 2.24) is 4.98 Å². The summed E-state index contributed by atoms with van der Waals surface area (Å²) < 4.78 is 37.4. The molecule has 0 aliphatic heterocycles. The second-order valence-corrected chi connectivity index (χ2v) is 3.99. The fourth-order valence-electron chi connectivity index (χ4n) is 0.978. The van der Waals surface area contributed by atoms with Gasteiger partial charge in [0.2, 0.25) is 0 Å². The molecule has 0 N–H and O–H groups in total. The predicted octanol–water partition coefficient (Wildman–Crippen LogP) is 2.74. The molecule has 0 bridgehead atoms. The van der Waals surface area contributed by atoms with Crippen LogP contribution in [0.4, 0.5) is 19.0 Å². The van der Waals surface area contributed by atoms with Crippen molar-refractivity contribution in [2.75, 3.05) is 19.0 Å².